The molecule has 0 radical (unpaired) electrons. The molecule has 1 heterocycles. The lowest BCUT2D eigenvalue weighted by Gasteiger charge is -2.32. The van der Waals surface area contributed by atoms with E-state index in [1.54, 1.807) is 7.11 Å². The molecule has 8 heteroatoms. The van der Waals surface area contributed by atoms with E-state index in [1.807, 2.05) is 170 Å². The van der Waals surface area contributed by atoms with Crippen molar-refractivity contribution in [3.05, 3.63) is 203 Å². The Balaban J connectivity index is 1.26. The monoisotopic (exact) mass is 751 g/mol. The number of hydroxylamine groups is 2. The maximum absolute atomic E-state index is 12.6. The van der Waals surface area contributed by atoms with Crippen LogP contribution in [0.15, 0.2) is 170 Å². The van der Waals surface area contributed by atoms with Gasteiger partial charge in [-0.15, -0.1) is 0 Å². The molecule has 1 aliphatic rings. The Morgan fingerprint density at radius 3 is 1.50 bits per heavy atom. The molecule has 7 rings (SSSR count). The predicted molar refractivity (Wildman–Crippen MR) is 215 cm³/mol. The molecule has 5 atom stereocenters. The van der Waals surface area contributed by atoms with Crippen molar-refractivity contribution in [3.63, 3.8) is 0 Å². The third-order valence-electron chi connectivity index (χ3n) is 9.98. The summed E-state index contributed by atoms with van der Waals surface area (Å²) in [6.45, 7) is 1.86. The Bertz CT molecular complexity index is 2020. The molecule has 0 bridgehead atoms. The van der Waals surface area contributed by atoms with Gasteiger partial charge in [-0.05, 0) is 45.5 Å². The highest BCUT2D eigenvalue weighted by Gasteiger charge is 2.54. The average molecular weight is 752 g/mol. The van der Waals surface area contributed by atoms with Gasteiger partial charge in [0, 0.05) is 0 Å². The third kappa shape index (κ3) is 10.3. The molecule has 1 saturated heterocycles. The fourth-order valence-electron chi connectivity index (χ4n) is 7.11. The maximum atomic E-state index is 12.6. The van der Waals surface area contributed by atoms with Crippen LogP contribution in [0, 0.1) is 0 Å². The van der Waals surface area contributed by atoms with Crippen molar-refractivity contribution in [3.8, 4) is 11.5 Å². The minimum Gasteiger partial charge on any atom is -0.493 e. The molecule has 0 aromatic heterocycles. The second-order valence-corrected chi connectivity index (χ2v) is 13.9. The molecule has 6 aromatic carbocycles. The van der Waals surface area contributed by atoms with Gasteiger partial charge in [-0.1, -0.05) is 158 Å². The van der Waals surface area contributed by atoms with Gasteiger partial charge in [0.15, 0.2) is 11.5 Å². The van der Waals surface area contributed by atoms with E-state index in [0.29, 0.717) is 44.5 Å². The summed E-state index contributed by atoms with van der Waals surface area (Å²) >= 11 is 0. The molecule has 1 aliphatic heterocycles. The summed E-state index contributed by atoms with van der Waals surface area (Å²) in [5.74, 6) is 1.14. The first-order valence-corrected chi connectivity index (χ1v) is 19.1. The number of rotatable bonds is 19. The van der Waals surface area contributed by atoms with E-state index in [1.165, 1.54) is 5.06 Å². The fraction of sp³-hybridized carbons (Fsp3) is 0.250. The van der Waals surface area contributed by atoms with Crippen LogP contribution in [-0.2, 0) is 52.0 Å². The van der Waals surface area contributed by atoms with Crippen molar-refractivity contribution < 1.29 is 33.6 Å². The predicted octanol–water partition coefficient (Wildman–Crippen LogP) is 9.36. The second kappa shape index (κ2) is 20.0. The summed E-state index contributed by atoms with van der Waals surface area (Å²) in [4.78, 5) is 0. The first kappa shape index (κ1) is 38.9. The van der Waals surface area contributed by atoms with Crippen molar-refractivity contribution in [1.82, 2.24) is 5.06 Å². The lowest BCUT2D eigenvalue weighted by molar-refractivity contribution is -0.196. The first-order chi connectivity index (χ1) is 27.7. The molecule has 1 N–H and O–H groups in total. The van der Waals surface area contributed by atoms with Gasteiger partial charge in [0.05, 0.1) is 52.2 Å². The van der Waals surface area contributed by atoms with E-state index in [0.717, 1.165) is 33.4 Å². The highest BCUT2D eigenvalue weighted by Crippen LogP contribution is 2.44. The number of hydrogen-bond donors (Lipinski definition) is 1. The molecule has 0 amide bonds. The van der Waals surface area contributed by atoms with Crippen LogP contribution < -0.4 is 9.47 Å². The van der Waals surface area contributed by atoms with E-state index >= 15 is 0 Å². The number of ether oxygens (including phenoxy) is 6. The molecule has 56 heavy (non-hydrogen) atoms. The van der Waals surface area contributed by atoms with Crippen molar-refractivity contribution in [2.45, 2.75) is 63.4 Å². The first-order valence-electron chi connectivity index (χ1n) is 19.1. The SMILES string of the molecule is COc1ccc([C@H]2[C@H](OCc3ccccc3)[C@@H](OCc3ccccc3)[C@@H](C(COCc3ccccc3)OCc3ccccc3)N2O)cc1OCc1ccccc1. The molecule has 0 spiro atoms. The quantitative estimate of drug-likeness (QED) is 0.0878. The molecule has 6 aromatic rings. The summed E-state index contributed by atoms with van der Waals surface area (Å²) in [7, 11) is 1.62. The summed E-state index contributed by atoms with van der Waals surface area (Å²) < 4.78 is 39.0. The van der Waals surface area contributed by atoms with Crippen molar-refractivity contribution >= 4 is 0 Å². The standard InChI is InChI=1S/C48H49NO7/c1-51-42-28-27-41(29-43(42)53-31-37-19-9-3-10-20-37)45-47(55-33-39-23-13-5-14-24-39)48(56-34-40-25-15-6-16-26-40)46(49(45)50)44(54-32-38-21-11-4-12-22-38)35-52-30-36-17-7-2-8-18-36/h2-29,44-48,50H,30-35H2,1H3/t44?,45-,46+,47-,48-/m0/s1. The molecule has 288 valence electrons. The van der Waals surface area contributed by atoms with Crippen LogP contribution in [0.3, 0.4) is 0 Å². The van der Waals surface area contributed by atoms with Gasteiger partial charge in [0.2, 0.25) is 0 Å². The van der Waals surface area contributed by atoms with Crippen LogP contribution >= 0.6 is 0 Å². The highest BCUT2D eigenvalue weighted by molar-refractivity contribution is 5.45. The fourth-order valence-corrected chi connectivity index (χ4v) is 7.11. The largest absolute Gasteiger partial charge is 0.493 e. The van der Waals surface area contributed by atoms with Gasteiger partial charge in [-0.3, -0.25) is 0 Å². The van der Waals surface area contributed by atoms with Crippen molar-refractivity contribution in [2.24, 2.45) is 0 Å². The molecular formula is C48H49NO7. The second-order valence-electron chi connectivity index (χ2n) is 13.9. The van der Waals surface area contributed by atoms with Crippen LogP contribution in [0.4, 0.5) is 0 Å². The number of hydrogen-bond acceptors (Lipinski definition) is 8. The van der Waals surface area contributed by atoms with E-state index in [-0.39, 0.29) is 6.61 Å². The molecule has 0 saturated carbocycles. The maximum Gasteiger partial charge on any atom is 0.162 e. The van der Waals surface area contributed by atoms with E-state index in [2.05, 4.69) is 0 Å². The smallest absolute Gasteiger partial charge is 0.162 e. The van der Waals surface area contributed by atoms with Crippen LogP contribution in [0.1, 0.15) is 39.4 Å². The zero-order valence-electron chi connectivity index (χ0n) is 31.6. The summed E-state index contributed by atoms with van der Waals surface area (Å²) in [5.41, 5.74) is 5.86. The van der Waals surface area contributed by atoms with Gasteiger partial charge in [0.25, 0.3) is 0 Å². The van der Waals surface area contributed by atoms with E-state index in [4.69, 9.17) is 28.4 Å². The number of nitrogens with zero attached hydrogens (tertiary/aromatic N) is 1. The summed E-state index contributed by atoms with van der Waals surface area (Å²) in [6.07, 6.45) is -1.91. The number of benzene rings is 6. The lowest BCUT2D eigenvalue weighted by atomic mass is 9.98. The Labute approximate surface area is 329 Å². The summed E-state index contributed by atoms with van der Waals surface area (Å²) in [6, 6.07) is 54.5. The van der Waals surface area contributed by atoms with Crippen LogP contribution in [-0.4, -0.2) is 48.3 Å². The minimum absolute atomic E-state index is 0.195. The molecule has 1 fully saturated rings. The normalized spacial score (nSPS) is 18.8. The molecule has 8 nitrogen and oxygen atoms in total. The van der Waals surface area contributed by atoms with E-state index < -0.39 is 30.4 Å². The minimum atomic E-state index is -0.695. The van der Waals surface area contributed by atoms with Crippen molar-refractivity contribution in [2.75, 3.05) is 13.7 Å². The number of methoxy groups -OCH3 is 1. The zero-order valence-corrected chi connectivity index (χ0v) is 31.6. The third-order valence-corrected chi connectivity index (χ3v) is 9.98. The molecular weight excluding hydrogens is 703 g/mol. The topological polar surface area (TPSA) is 78.9 Å². The molecule has 1 unspecified atom stereocenters. The Morgan fingerprint density at radius 2 is 0.982 bits per heavy atom. The lowest BCUT2D eigenvalue weighted by Crippen LogP contribution is -2.49. The van der Waals surface area contributed by atoms with E-state index in [9.17, 15) is 5.21 Å². The van der Waals surface area contributed by atoms with Gasteiger partial charge >= 0.3 is 0 Å². The Morgan fingerprint density at radius 1 is 0.518 bits per heavy atom. The van der Waals surface area contributed by atoms with Gasteiger partial charge in [-0.25, -0.2) is 0 Å². The van der Waals surface area contributed by atoms with Gasteiger partial charge < -0.3 is 33.6 Å². The Hall–Kier alpha value is -5.32. The summed E-state index contributed by atoms with van der Waals surface area (Å²) in [5, 5.41) is 14.0. The Kier molecular flexibility index (Phi) is 13.9. The molecule has 0 aliphatic carbocycles. The van der Waals surface area contributed by atoms with Gasteiger partial charge in [-0.2, -0.15) is 5.06 Å². The van der Waals surface area contributed by atoms with Crippen LogP contribution in [0.25, 0.3) is 0 Å². The average Bonchev–Trinajstić information content (AvgIpc) is 3.54. The van der Waals surface area contributed by atoms with Crippen LogP contribution in [0.2, 0.25) is 0 Å². The zero-order chi connectivity index (χ0) is 38.4. The van der Waals surface area contributed by atoms with Crippen molar-refractivity contribution in [1.29, 1.82) is 0 Å². The van der Waals surface area contributed by atoms with Gasteiger partial charge in [0.1, 0.15) is 24.9 Å². The highest BCUT2D eigenvalue weighted by atomic mass is 16.6. The van der Waals surface area contributed by atoms with Crippen LogP contribution in [0.5, 0.6) is 11.5 Å².